The summed E-state index contributed by atoms with van der Waals surface area (Å²) in [5.41, 5.74) is 0.978. The third kappa shape index (κ3) is 3.83. The van der Waals surface area contributed by atoms with E-state index in [1.54, 1.807) is 12.1 Å². The molecule has 0 aliphatic rings. The monoisotopic (exact) mass is 252 g/mol. The zero-order valence-corrected chi connectivity index (χ0v) is 11.3. The summed E-state index contributed by atoms with van der Waals surface area (Å²) in [5.74, 6) is -0.720. The minimum atomic E-state index is -0.560. The summed E-state index contributed by atoms with van der Waals surface area (Å²) in [6.07, 6.45) is 2.69. The Morgan fingerprint density at radius 1 is 1.28 bits per heavy atom. The SMILES string of the molecule is CCc1ccc(F)c(C(=O)OCC(CC)CC)c1. The maximum Gasteiger partial charge on any atom is 0.341 e. The average Bonchev–Trinajstić information content (AvgIpc) is 2.40. The first-order valence-corrected chi connectivity index (χ1v) is 6.57. The standard InChI is InChI=1S/C15H21FO2/c1-4-11(5-2)10-18-15(17)13-9-12(6-3)7-8-14(13)16/h7-9,11H,4-6,10H2,1-3H3. The third-order valence-corrected chi connectivity index (χ3v) is 3.26. The first-order chi connectivity index (χ1) is 8.62. The Kier molecular flexibility index (Phi) is 5.83. The Bertz CT molecular complexity index is 397. The van der Waals surface area contributed by atoms with E-state index in [4.69, 9.17) is 4.74 Å². The molecule has 0 spiro atoms. The molecular formula is C15H21FO2. The average molecular weight is 252 g/mol. The van der Waals surface area contributed by atoms with Gasteiger partial charge in [-0.25, -0.2) is 9.18 Å². The summed E-state index contributed by atoms with van der Waals surface area (Å²) in [6, 6.07) is 4.59. The van der Waals surface area contributed by atoms with Gasteiger partial charge in [-0.15, -0.1) is 0 Å². The minimum absolute atomic E-state index is 0.0420. The predicted octanol–water partition coefficient (Wildman–Crippen LogP) is 3.98. The lowest BCUT2D eigenvalue weighted by Crippen LogP contribution is -2.14. The summed E-state index contributed by atoms with van der Waals surface area (Å²) in [5, 5.41) is 0. The summed E-state index contributed by atoms with van der Waals surface area (Å²) in [4.78, 5) is 11.8. The van der Waals surface area contributed by atoms with Crippen LogP contribution in [0.3, 0.4) is 0 Å². The molecule has 0 aromatic heterocycles. The van der Waals surface area contributed by atoms with Crippen LogP contribution in [-0.2, 0) is 11.2 Å². The number of rotatable bonds is 6. The third-order valence-electron chi connectivity index (χ3n) is 3.26. The predicted molar refractivity (Wildman–Crippen MR) is 70.1 cm³/mol. The summed E-state index contributed by atoms with van der Waals surface area (Å²) < 4.78 is 18.7. The zero-order chi connectivity index (χ0) is 13.5. The highest BCUT2D eigenvalue weighted by atomic mass is 19.1. The molecule has 0 bridgehead atoms. The molecule has 0 aliphatic heterocycles. The van der Waals surface area contributed by atoms with E-state index in [1.165, 1.54) is 6.07 Å². The molecular weight excluding hydrogens is 231 g/mol. The van der Waals surface area contributed by atoms with Gasteiger partial charge in [-0.3, -0.25) is 0 Å². The van der Waals surface area contributed by atoms with Gasteiger partial charge in [0.15, 0.2) is 0 Å². The van der Waals surface area contributed by atoms with Crippen LogP contribution >= 0.6 is 0 Å². The van der Waals surface area contributed by atoms with E-state index in [1.807, 2.05) is 6.92 Å². The van der Waals surface area contributed by atoms with E-state index < -0.39 is 11.8 Å². The van der Waals surface area contributed by atoms with Crippen molar-refractivity contribution < 1.29 is 13.9 Å². The Morgan fingerprint density at radius 2 is 1.94 bits per heavy atom. The van der Waals surface area contributed by atoms with Gasteiger partial charge >= 0.3 is 5.97 Å². The molecule has 0 unspecified atom stereocenters. The summed E-state index contributed by atoms with van der Waals surface area (Å²) in [7, 11) is 0. The van der Waals surface area contributed by atoms with Gasteiger partial charge < -0.3 is 4.74 Å². The topological polar surface area (TPSA) is 26.3 Å². The number of hydrogen-bond donors (Lipinski definition) is 0. The highest BCUT2D eigenvalue weighted by Crippen LogP contribution is 2.14. The molecule has 1 aromatic rings. The second-order valence-corrected chi connectivity index (χ2v) is 4.45. The molecule has 0 N–H and O–H groups in total. The quantitative estimate of drug-likeness (QED) is 0.716. The Hall–Kier alpha value is -1.38. The van der Waals surface area contributed by atoms with Crippen molar-refractivity contribution in [3.05, 3.63) is 35.1 Å². The van der Waals surface area contributed by atoms with Crippen molar-refractivity contribution in [1.29, 1.82) is 0 Å². The van der Waals surface area contributed by atoms with Gasteiger partial charge in [-0.05, 0) is 30.0 Å². The minimum Gasteiger partial charge on any atom is -0.462 e. The molecule has 18 heavy (non-hydrogen) atoms. The van der Waals surface area contributed by atoms with Crippen LogP contribution in [0.5, 0.6) is 0 Å². The summed E-state index contributed by atoms with van der Waals surface area (Å²) >= 11 is 0. The number of ether oxygens (including phenoxy) is 1. The molecule has 2 nitrogen and oxygen atoms in total. The van der Waals surface area contributed by atoms with Crippen LogP contribution in [0.25, 0.3) is 0 Å². The van der Waals surface area contributed by atoms with Crippen LogP contribution in [0.4, 0.5) is 4.39 Å². The van der Waals surface area contributed by atoms with E-state index in [9.17, 15) is 9.18 Å². The van der Waals surface area contributed by atoms with Crippen molar-refractivity contribution in [2.24, 2.45) is 5.92 Å². The van der Waals surface area contributed by atoms with Gasteiger partial charge in [0.05, 0.1) is 12.2 Å². The van der Waals surface area contributed by atoms with Crippen molar-refractivity contribution >= 4 is 5.97 Å². The van der Waals surface area contributed by atoms with Gasteiger partial charge in [-0.1, -0.05) is 39.7 Å². The molecule has 1 rings (SSSR count). The van der Waals surface area contributed by atoms with Crippen LogP contribution in [0.2, 0.25) is 0 Å². The van der Waals surface area contributed by atoms with Gasteiger partial charge in [0, 0.05) is 0 Å². The fourth-order valence-electron chi connectivity index (χ4n) is 1.74. The number of aryl methyl sites for hydroxylation is 1. The lowest BCUT2D eigenvalue weighted by atomic mass is 10.1. The summed E-state index contributed by atoms with van der Waals surface area (Å²) in [6.45, 7) is 6.44. The maximum absolute atomic E-state index is 13.5. The smallest absolute Gasteiger partial charge is 0.341 e. The van der Waals surface area contributed by atoms with Crippen molar-refractivity contribution in [1.82, 2.24) is 0 Å². The van der Waals surface area contributed by atoms with Crippen LogP contribution in [0, 0.1) is 11.7 Å². The Balaban J connectivity index is 2.71. The van der Waals surface area contributed by atoms with Gasteiger partial charge in [0.25, 0.3) is 0 Å². The number of carbonyl (C=O) groups excluding carboxylic acids is 1. The molecule has 0 radical (unpaired) electrons. The lowest BCUT2D eigenvalue weighted by molar-refractivity contribution is 0.0428. The van der Waals surface area contributed by atoms with Crippen molar-refractivity contribution in [3.63, 3.8) is 0 Å². The number of esters is 1. The maximum atomic E-state index is 13.5. The molecule has 1 aromatic carbocycles. The highest BCUT2D eigenvalue weighted by molar-refractivity contribution is 5.89. The van der Waals surface area contributed by atoms with Crippen molar-refractivity contribution in [3.8, 4) is 0 Å². The van der Waals surface area contributed by atoms with Crippen molar-refractivity contribution in [2.75, 3.05) is 6.61 Å². The van der Waals surface area contributed by atoms with Crippen LogP contribution in [0.1, 0.15) is 49.5 Å². The molecule has 0 saturated carbocycles. The molecule has 0 amide bonds. The zero-order valence-electron chi connectivity index (χ0n) is 11.3. The van der Waals surface area contributed by atoms with E-state index in [-0.39, 0.29) is 5.56 Å². The Morgan fingerprint density at radius 3 is 2.50 bits per heavy atom. The van der Waals surface area contributed by atoms with Crippen LogP contribution in [-0.4, -0.2) is 12.6 Å². The number of hydrogen-bond acceptors (Lipinski definition) is 2. The normalized spacial score (nSPS) is 10.7. The molecule has 0 aliphatic carbocycles. The van der Waals surface area contributed by atoms with E-state index in [0.29, 0.717) is 12.5 Å². The van der Waals surface area contributed by atoms with E-state index >= 15 is 0 Å². The molecule has 0 saturated heterocycles. The fraction of sp³-hybridized carbons (Fsp3) is 0.533. The van der Waals surface area contributed by atoms with Crippen LogP contribution in [0.15, 0.2) is 18.2 Å². The van der Waals surface area contributed by atoms with E-state index in [2.05, 4.69) is 13.8 Å². The molecule has 0 atom stereocenters. The van der Waals surface area contributed by atoms with Crippen LogP contribution < -0.4 is 0 Å². The van der Waals surface area contributed by atoms with Gasteiger partial charge in [-0.2, -0.15) is 0 Å². The first kappa shape index (κ1) is 14.7. The fourth-order valence-corrected chi connectivity index (χ4v) is 1.74. The van der Waals surface area contributed by atoms with Crippen molar-refractivity contribution in [2.45, 2.75) is 40.0 Å². The second kappa shape index (κ2) is 7.14. The highest BCUT2D eigenvalue weighted by Gasteiger charge is 2.15. The number of halogens is 1. The first-order valence-electron chi connectivity index (χ1n) is 6.57. The number of benzene rings is 1. The molecule has 100 valence electrons. The van der Waals surface area contributed by atoms with E-state index in [0.717, 1.165) is 24.8 Å². The molecule has 0 heterocycles. The van der Waals surface area contributed by atoms with Gasteiger partial charge in [0.2, 0.25) is 0 Å². The van der Waals surface area contributed by atoms with Gasteiger partial charge in [0.1, 0.15) is 5.82 Å². The second-order valence-electron chi connectivity index (χ2n) is 4.45. The lowest BCUT2D eigenvalue weighted by Gasteiger charge is -2.13. The molecule has 0 fully saturated rings. The molecule has 3 heteroatoms. The number of carbonyl (C=O) groups is 1. The Labute approximate surface area is 108 Å². The largest absolute Gasteiger partial charge is 0.462 e.